The largest absolute Gasteiger partial charge is 0.446 e. The minimum absolute atomic E-state index is 0.00244. The van der Waals surface area contributed by atoms with Crippen molar-refractivity contribution in [2.24, 2.45) is 5.41 Å². The Hall–Kier alpha value is -4.74. The van der Waals surface area contributed by atoms with E-state index in [0.29, 0.717) is 35.6 Å². The molecule has 4 aromatic rings. The summed E-state index contributed by atoms with van der Waals surface area (Å²) in [5.41, 5.74) is 5.71. The Bertz CT molecular complexity index is 1920. The van der Waals surface area contributed by atoms with Crippen LogP contribution >= 0.6 is 11.3 Å². The fraction of sp³-hybridized carbons (Fsp3) is 0.385. The molecule has 1 saturated carbocycles. The Kier molecular flexibility index (Phi) is 8.78. The Labute approximate surface area is 295 Å². The van der Waals surface area contributed by atoms with E-state index in [1.165, 1.54) is 11.3 Å². The summed E-state index contributed by atoms with van der Waals surface area (Å²) in [5, 5.41) is 6.71. The van der Waals surface area contributed by atoms with E-state index in [9.17, 15) is 14.4 Å². The molecular formula is C39H41N5O5S. The standard InChI is InChI=1S/C39H41N5O5S/c1-25-20-31(35(40-22-25)43-23-39(24-43)15-18-48-19-16-39)36(45)41-28-12-10-26(11-13-28)37(46)44-17-14-27-21-33(42-38(47)49-29-6-2-3-7-29)50-34(27)30-8-4-5-9-32(30)44/h4-5,8-13,20-22,29H,2-3,6-7,14-19,23-24H2,1H3,(H,41,45)(H,42,47). The molecule has 2 saturated heterocycles. The summed E-state index contributed by atoms with van der Waals surface area (Å²) >= 11 is 1.50. The lowest BCUT2D eigenvalue weighted by Gasteiger charge is -2.53. The first-order valence-electron chi connectivity index (χ1n) is 17.6. The molecule has 3 aliphatic heterocycles. The van der Waals surface area contributed by atoms with Crippen LogP contribution in [0.15, 0.2) is 66.9 Å². The zero-order valence-electron chi connectivity index (χ0n) is 28.2. The van der Waals surface area contributed by atoms with Gasteiger partial charge >= 0.3 is 6.09 Å². The van der Waals surface area contributed by atoms with Gasteiger partial charge in [-0.1, -0.05) is 18.2 Å². The van der Waals surface area contributed by atoms with Crippen LogP contribution in [0.3, 0.4) is 0 Å². The van der Waals surface area contributed by atoms with E-state index in [1.807, 2.05) is 54.4 Å². The molecule has 2 aromatic carbocycles. The zero-order chi connectivity index (χ0) is 34.2. The van der Waals surface area contributed by atoms with Crippen LogP contribution in [0.25, 0.3) is 10.4 Å². The highest BCUT2D eigenvalue weighted by atomic mass is 32.1. The molecule has 8 rings (SSSR count). The average Bonchev–Trinajstić information content (AvgIpc) is 3.74. The molecule has 50 heavy (non-hydrogen) atoms. The topological polar surface area (TPSA) is 113 Å². The molecule has 3 fully saturated rings. The van der Waals surface area contributed by atoms with Gasteiger partial charge in [-0.15, -0.1) is 11.3 Å². The summed E-state index contributed by atoms with van der Waals surface area (Å²) in [7, 11) is 0. The van der Waals surface area contributed by atoms with Crippen molar-refractivity contribution in [3.05, 3.63) is 89.1 Å². The van der Waals surface area contributed by atoms with E-state index >= 15 is 0 Å². The Morgan fingerprint density at radius 3 is 2.52 bits per heavy atom. The van der Waals surface area contributed by atoms with Crippen molar-refractivity contribution in [3.8, 4) is 10.4 Å². The highest BCUT2D eigenvalue weighted by molar-refractivity contribution is 7.19. The summed E-state index contributed by atoms with van der Waals surface area (Å²) < 4.78 is 11.2. The predicted octanol–water partition coefficient (Wildman–Crippen LogP) is 7.68. The SMILES string of the molecule is Cc1cnc(N2CC3(CCOCC3)C2)c(C(=O)Nc2ccc(C(=O)N3CCc4cc(NC(=O)OC5CCCC5)sc4-c4ccccc43)cc2)c1. The van der Waals surface area contributed by atoms with Gasteiger partial charge in [0, 0.05) is 66.2 Å². The van der Waals surface area contributed by atoms with E-state index in [0.717, 1.165) is 97.1 Å². The lowest BCUT2D eigenvalue weighted by Crippen LogP contribution is -2.59. The number of anilines is 4. The number of aryl methyl sites for hydroxylation is 1. The summed E-state index contributed by atoms with van der Waals surface area (Å²) in [6, 6.07) is 18.9. The number of fused-ring (bicyclic) bond motifs is 3. The highest BCUT2D eigenvalue weighted by Gasteiger charge is 2.45. The maximum absolute atomic E-state index is 14.0. The van der Waals surface area contributed by atoms with E-state index in [-0.39, 0.29) is 23.3 Å². The van der Waals surface area contributed by atoms with Gasteiger partial charge in [0.15, 0.2) is 0 Å². The smallest absolute Gasteiger partial charge is 0.412 e. The minimum atomic E-state index is -0.409. The van der Waals surface area contributed by atoms with Crippen LogP contribution in [-0.4, -0.2) is 61.8 Å². The Morgan fingerprint density at radius 1 is 0.980 bits per heavy atom. The molecule has 0 bridgehead atoms. The predicted molar refractivity (Wildman–Crippen MR) is 196 cm³/mol. The number of rotatable bonds is 6. The number of benzene rings is 2. The molecular weight excluding hydrogens is 651 g/mol. The van der Waals surface area contributed by atoms with Crippen LogP contribution in [0, 0.1) is 12.3 Å². The van der Waals surface area contributed by atoms with Crippen LogP contribution in [0.1, 0.15) is 70.4 Å². The van der Waals surface area contributed by atoms with Crippen molar-refractivity contribution in [3.63, 3.8) is 0 Å². The number of carbonyl (C=O) groups excluding carboxylic acids is 3. The Morgan fingerprint density at radius 2 is 1.74 bits per heavy atom. The lowest BCUT2D eigenvalue weighted by molar-refractivity contribution is -0.000511. The highest BCUT2D eigenvalue weighted by Crippen LogP contribution is 2.44. The molecule has 10 nitrogen and oxygen atoms in total. The van der Waals surface area contributed by atoms with Crippen LogP contribution < -0.4 is 20.4 Å². The second kappa shape index (κ2) is 13.5. The second-order valence-corrected chi connectivity index (χ2v) is 15.1. The van der Waals surface area contributed by atoms with Gasteiger partial charge in [-0.3, -0.25) is 14.9 Å². The van der Waals surface area contributed by atoms with E-state index in [4.69, 9.17) is 9.47 Å². The number of aromatic nitrogens is 1. The monoisotopic (exact) mass is 691 g/mol. The molecule has 2 aromatic heterocycles. The van der Waals surface area contributed by atoms with Crippen LogP contribution in [0.4, 0.5) is 27.0 Å². The van der Waals surface area contributed by atoms with Gasteiger partial charge in [0.2, 0.25) is 0 Å². The summed E-state index contributed by atoms with van der Waals surface area (Å²) in [6.45, 7) is 5.76. The van der Waals surface area contributed by atoms with Gasteiger partial charge in [0.05, 0.1) is 16.3 Å². The van der Waals surface area contributed by atoms with Gasteiger partial charge in [0.25, 0.3) is 11.8 Å². The maximum atomic E-state index is 14.0. The molecule has 258 valence electrons. The molecule has 4 aliphatic rings. The number of nitrogens with zero attached hydrogens (tertiary/aromatic N) is 3. The van der Waals surface area contributed by atoms with Crippen LogP contribution in [0.5, 0.6) is 0 Å². The number of ether oxygens (including phenoxy) is 2. The summed E-state index contributed by atoms with van der Waals surface area (Å²) in [6.07, 6.45) is 8.15. The van der Waals surface area contributed by atoms with Crippen molar-refractivity contribution >= 4 is 51.4 Å². The van der Waals surface area contributed by atoms with Crippen molar-refractivity contribution in [1.82, 2.24) is 4.98 Å². The third kappa shape index (κ3) is 6.47. The average molecular weight is 692 g/mol. The number of thiophene rings is 1. The molecule has 0 atom stereocenters. The van der Waals surface area contributed by atoms with E-state index in [2.05, 4.69) is 20.5 Å². The number of pyridine rings is 1. The first-order valence-corrected chi connectivity index (χ1v) is 18.4. The minimum Gasteiger partial charge on any atom is -0.446 e. The molecule has 1 spiro atoms. The number of hydrogen-bond acceptors (Lipinski definition) is 8. The van der Waals surface area contributed by atoms with Gasteiger partial charge in [0.1, 0.15) is 11.9 Å². The molecule has 0 radical (unpaired) electrons. The fourth-order valence-electron chi connectivity index (χ4n) is 7.72. The number of nitrogens with one attached hydrogen (secondary N) is 2. The van der Waals surface area contributed by atoms with Gasteiger partial charge in [-0.25, -0.2) is 9.78 Å². The van der Waals surface area contributed by atoms with Crippen molar-refractivity contribution in [2.45, 2.75) is 58.0 Å². The molecule has 5 heterocycles. The van der Waals surface area contributed by atoms with Gasteiger partial charge in [-0.2, -0.15) is 0 Å². The molecule has 0 unspecified atom stereocenters. The summed E-state index contributed by atoms with van der Waals surface area (Å²) in [4.78, 5) is 49.9. The first-order chi connectivity index (χ1) is 24.3. The Balaban J connectivity index is 0.952. The molecule has 3 amide bonds. The zero-order valence-corrected chi connectivity index (χ0v) is 29.0. The third-order valence-corrected chi connectivity index (χ3v) is 11.6. The third-order valence-electron chi connectivity index (χ3n) is 10.4. The number of para-hydroxylation sites is 1. The van der Waals surface area contributed by atoms with E-state index < -0.39 is 6.09 Å². The molecule has 2 N–H and O–H groups in total. The number of carbonyl (C=O) groups is 3. The second-order valence-electron chi connectivity index (χ2n) is 14.0. The van der Waals surface area contributed by atoms with E-state index in [1.54, 1.807) is 24.3 Å². The maximum Gasteiger partial charge on any atom is 0.412 e. The summed E-state index contributed by atoms with van der Waals surface area (Å²) in [5.74, 6) is 0.364. The van der Waals surface area contributed by atoms with Gasteiger partial charge in [-0.05, 0) is 105 Å². The van der Waals surface area contributed by atoms with Crippen LogP contribution in [-0.2, 0) is 15.9 Å². The quantitative estimate of drug-likeness (QED) is 0.213. The van der Waals surface area contributed by atoms with Crippen LogP contribution in [0.2, 0.25) is 0 Å². The van der Waals surface area contributed by atoms with Crippen molar-refractivity contribution < 1.29 is 23.9 Å². The molecule has 11 heteroatoms. The lowest BCUT2D eigenvalue weighted by atomic mass is 9.73. The number of amides is 3. The van der Waals surface area contributed by atoms with Crippen molar-refractivity contribution in [2.75, 3.05) is 53.3 Å². The molecule has 1 aliphatic carbocycles. The normalized spacial score (nSPS) is 18.1. The van der Waals surface area contributed by atoms with Gasteiger partial charge < -0.3 is 24.6 Å². The first kappa shape index (κ1) is 32.5. The van der Waals surface area contributed by atoms with Crippen molar-refractivity contribution in [1.29, 1.82) is 0 Å². The number of hydrogen-bond donors (Lipinski definition) is 2. The fourth-order valence-corrected chi connectivity index (χ4v) is 8.85.